The van der Waals surface area contributed by atoms with Gasteiger partial charge in [0.15, 0.2) is 0 Å². The van der Waals surface area contributed by atoms with Crippen molar-refractivity contribution < 1.29 is 13.9 Å². The van der Waals surface area contributed by atoms with Crippen LogP contribution in [0.15, 0.2) is 18.2 Å². The molecule has 0 aromatic heterocycles. The highest BCUT2D eigenvalue weighted by atomic mass is 35.5. The zero-order valence-electron chi connectivity index (χ0n) is 13.4. The quantitative estimate of drug-likeness (QED) is 0.824. The largest absolute Gasteiger partial charge is 0.444 e. The van der Waals surface area contributed by atoms with Gasteiger partial charge in [-0.1, -0.05) is 11.6 Å². The summed E-state index contributed by atoms with van der Waals surface area (Å²) in [6, 6.07) is 4.66. The average Bonchev–Trinajstić information content (AvgIpc) is 2.85. The molecule has 1 aliphatic rings. The number of halogens is 2. The Morgan fingerprint density at radius 2 is 2.14 bits per heavy atom. The van der Waals surface area contributed by atoms with Crippen LogP contribution >= 0.6 is 11.6 Å². The monoisotopic (exact) mass is 328 g/mol. The third-order valence-electron chi connectivity index (χ3n) is 3.64. The van der Waals surface area contributed by atoms with Crippen LogP contribution in [0.25, 0.3) is 0 Å². The van der Waals surface area contributed by atoms with Gasteiger partial charge in [-0.25, -0.2) is 9.18 Å². The smallest absolute Gasteiger partial charge is 0.410 e. The second kappa shape index (κ2) is 6.32. The Morgan fingerprint density at radius 1 is 1.45 bits per heavy atom. The van der Waals surface area contributed by atoms with E-state index in [2.05, 4.69) is 0 Å². The molecule has 1 heterocycles. The highest BCUT2D eigenvalue weighted by molar-refractivity contribution is 6.30. The van der Waals surface area contributed by atoms with E-state index < -0.39 is 5.60 Å². The van der Waals surface area contributed by atoms with Gasteiger partial charge in [-0.2, -0.15) is 0 Å². The van der Waals surface area contributed by atoms with E-state index in [-0.39, 0.29) is 18.0 Å². The molecule has 0 aliphatic carbocycles. The molecular formula is C16H22ClFN2O2. The number of hydrogen-bond donors (Lipinski definition) is 0. The molecule has 1 aromatic rings. The number of carbonyl (C=O) groups is 1. The first-order valence-corrected chi connectivity index (χ1v) is 7.71. The number of hydrogen-bond acceptors (Lipinski definition) is 3. The van der Waals surface area contributed by atoms with E-state index in [1.165, 1.54) is 6.07 Å². The fourth-order valence-electron chi connectivity index (χ4n) is 2.50. The Morgan fingerprint density at radius 3 is 2.73 bits per heavy atom. The van der Waals surface area contributed by atoms with Gasteiger partial charge in [0.25, 0.3) is 0 Å². The molecule has 0 unspecified atom stereocenters. The SMILES string of the molecule is CN(C(=O)OC(C)(C)C)[C@H]1CCN(c2ccc(Cl)cc2F)C1. The molecule has 1 fully saturated rings. The maximum absolute atomic E-state index is 14.0. The van der Waals surface area contributed by atoms with Crippen molar-refractivity contribution in [1.29, 1.82) is 0 Å². The minimum atomic E-state index is -0.522. The van der Waals surface area contributed by atoms with Crippen LogP contribution in [0.5, 0.6) is 0 Å². The van der Waals surface area contributed by atoms with Crippen molar-refractivity contribution in [3.8, 4) is 0 Å². The van der Waals surface area contributed by atoms with Gasteiger partial charge >= 0.3 is 6.09 Å². The maximum Gasteiger partial charge on any atom is 0.410 e. The molecule has 122 valence electrons. The highest BCUT2D eigenvalue weighted by Crippen LogP contribution is 2.27. The first-order valence-electron chi connectivity index (χ1n) is 7.33. The second-order valence-corrected chi connectivity index (χ2v) is 7.01. The van der Waals surface area contributed by atoms with Gasteiger partial charge in [0.05, 0.1) is 11.7 Å². The summed E-state index contributed by atoms with van der Waals surface area (Å²) in [5, 5.41) is 0.378. The summed E-state index contributed by atoms with van der Waals surface area (Å²) in [6.45, 7) is 6.78. The maximum atomic E-state index is 14.0. The molecule has 4 nitrogen and oxygen atoms in total. The van der Waals surface area contributed by atoms with Gasteiger partial charge < -0.3 is 14.5 Å². The van der Waals surface area contributed by atoms with Gasteiger partial charge in [-0.3, -0.25) is 0 Å². The first-order chi connectivity index (χ1) is 10.2. The van der Waals surface area contributed by atoms with Gasteiger partial charge in [-0.05, 0) is 45.4 Å². The standard InChI is InChI=1S/C16H22ClFN2O2/c1-16(2,3)22-15(21)19(4)12-7-8-20(10-12)14-6-5-11(17)9-13(14)18/h5-6,9,12H,7-8,10H2,1-4H3/t12-/m0/s1. The minimum absolute atomic E-state index is 0.00456. The van der Waals surface area contributed by atoms with Crippen molar-refractivity contribution in [2.45, 2.75) is 38.8 Å². The molecule has 22 heavy (non-hydrogen) atoms. The summed E-state index contributed by atoms with van der Waals surface area (Å²) in [4.78, 5) is 15.6. The van der Waals surface area contributed by atoms with Gasteiger partial charge in [0.2, 0.25) is 0 Å². The van der Waals surface area contributed by atoms with E-state index in [1.807, 2.05) is 25.7 Å². The van der Waals surface area contributed by atoms with Gasteiger partial charge in [0.1, 0.15) is 11.4 Å². The predicted molar refractivity (Wildman–Crippen MR) is 86.0 cm³/mol. The van der Waals surface area contributed by atoms with Gasteiger partial charge in [0, 0.05) is 25.2 Å². The van der Waals surface area contributed by atoms with Crippen LogP contribution in [0.3, 0.4) is 0 Å². The van der Waals surface area contributed by atoms with Crippen molar-refractivity contribution >= 4 is 23.4 Å². The van der Waals surface area contributed by atoms with Gasteiger partial charge in [-0.15, -0.1) is 0 Å². The van der Waals surface area contributed by atoms with Crippen LogP contribution in [0.2, 0.25) is 5.02 Å². The third kappa shape index (κ3) is 4.03. The molecule has 1 saturated heterocycles. The van der Waals surface area contributed by atoms with Crippen molar-refractivity contribution in [2.24, 2.45) is 0 Å². The molecule has 0 bridgehead atoms. The number of nitrogens with zero attached hydrogens (tertiary/aromatic N) is 2. The Bertz CT molecular complexity index is 560. The number of rotatable bonds is 2. The van der Waals surface area contributed by atoms with E-state index in [9.17, 15) is 9.18 Å². The second-order valence-electron chi connectivity index (χ2n) is 6.58. The number of anilines is 1. The van der Waals surface area contributed by atoms with E-state index in [0.717, 1.165) is 6.42 Å². The summed E-state index contributed by atoms with van der Waals surface area (Å²) >= 11 is 5.78. The summed E-state index contributed by atoms with van der Waals surface area (Å²) in [7, 11) is 1.72. The lowest BCUT2D eigenvalue weighted by molar-refractivity contribution is 0.0238. The zero-order chi connectivity index (χ0) is 16.5. The molecule has 1 amide bonds. The third-order valence-corrected chi connectivity index (χ3v) is 3.88. The number of amides is 1. The number of likely N-dealkylation sites (N-methyl/N-ethyl adjacent to an activating group) is 1. The average molecular weight is 329 g/mol. The topological polar surface area (TPSA) is 32.8 Å². The Balaban J connectivity index is 2.01. The summed E-state index contributed by atoms with van der Waals surface area (Å²) < 4.78 is 19.3. The molecule has 2 rings (SSSR count). The Labute approximate surface area is 135 Å². The highest BCUT2D eigenvalue weighted by Gasteiger charge is 2.31. The zero-order valence-corrected chi connectivity index (χ0v) is 14.2. The Hall–Kier alpha value is -1.49. The number of benzene rings is 1. The van der Waals surface area contributed by atoms with Crippen LogP contribution in [-0.2, 0) is 4.74 Å². The van der Waals surface area contributed by atoms with Crippen LogP contribution in [0.1, 0.15) is 27.2 Å². The van der Waals surface area contributed by atoms with E-state index >= 15 is 0 Å². The molecule has 1 aromatic carbocycles. The fourth-order valence-corrected chi connectivity index (χ4v) is 2.66. The normalized spacial score (nSPS) is 18.5. The van der Waals surface area contributed by atoms with Crippen LogP contribution in [0, 0.1) is 5.82 Å². The molecule has 0 spiro atoms. The van der Waals surface area contributed by atoms with Crippen molar-refractivity contribution in [3.05, 3.63) is 29.0 Å². The van der Waals surface area contributed by atoms with E-state index in [1.54, 1.807) is 24.1 Å². The van der Waals surface area contributed by atoms with Crippen molar-refractivity contribution in [2.75, 3.05) is 25.0 Å². The number of carbonyl (C=O) groups excluding carboxylic acids is 1. The summed E-state index contributed by atoms with van der Waals surface area (Å²) in [5.41, 5.74) is -0.00386. The molecule has 1 aliphatic heterocycles. The molecule has 0 saturated carbocycles. The lowest BCUT2D eigenvalue weighted by Gasteiger charge is -2.28. The lowest BCUT2D eigenvalue weighted by Crippen LogP contribution is -2.42. The van der Waals surface area contributed by atoms with E-state index in [4.69, 9.17) is 16.3 Å². The van der Waals surface area contributed by atoms with Crippen LogP contribution in [0.4, 0.5) is 14.9 Å². The fraction of sp³-hybridized carbons (Fsp3) is 0.562. The van der Waals surface area contributed by atoms with Crippen molar-refractivity contribution in [1.82, 2.24) is 4.90 Å². The summed E-state index contributed by atoms with van der Waals surface area (Å²) in [5.74, 6) is -0.340. The lowest BCUT2D eigenvalue weighted by atomic mass is 10.2. The molecule has 6 heteroatoms. The Kier molecular flexibility index (Phi) is 4.85. The molecular weight excluding hydrogens is 307 g/mol. The summed E-state index contributed by atoms with van der Waals surface area (Å²) in [6.07, 6.45) is 0.425. The number of ether oxygens (including phenoxy) is 1. The first kappa shape index (κ1) is 16.9. The minimum Gasteiger partial charge on any atom is -0.444 e. The molecule has 0 radical (unpaired) electrons. The van der Waals surface area contributed by atoms with E-state index in [0.29, 0.717) is 23.8 Å². The van der Waals surface area contributed by atoms with Crippen LogP contribution < -0.4 is 4.90 Å². The van der Waals surface area contributed by atoms with Crippen molar-refractivity contribution in [3.63, 3.8) is 0 Å². The molecule has 0 N–H and O–H groups in total. The molecule has 1 atom stereocenters. The predicted octanol–water partition coefficient (Wildman–Crippen LogP) is 3.92. The van der Waals surface area contributed by atoms with Crippen LogP contribution in [-0.4, -0.2) is 42.8 Å².